The summed E-state index contributed by atoms with van der Waals surface area (Å²) in [4.78, 5) is 17.6. The third kappa shape index (κ3) is 5.40. The number of carbonyl (C=O) groups excluding carboxylic acids is 1. The number of anilines is 1. The summed E-state index contributed by atoms with van der Waals surface area (Å²) < 4.78 is 27.4. The first-order valence-electron chi connectivity index (χ1n) is 11.9. The molecule has 6 nitrogen and oxygen atoms in total. The second-order valence-electron chi connectivity index (χ2n) is 8.61. The fraction of sp³-hybridized carbons (Fsp3) is 0.385. The van der Waals surface area contributed by atoms with E-state index in [9.17, 15) is 13.2 Å². The molecule has 0 bridgehead atoms. The highest BCUT2D eigenvalue weighted by Crippen LogP contribution is 2.30. The van der Waals surface area contributed by atoms with Crippen LogP contribution in [0.5, 0.6) is 0 Å². The van der Waals surface area contributed by atoms with Gasteiger partial charge in [-0.15, -0.1) is 11.3 Å². The summed E-state index contributed by atoms with van der Waals surface area (Å²) in [6, 6.07) is 12.6. The molecule has 180 valence electrons. The number of amides is 1. The van der Waals surface area contributed by atoms with E-state index < -0.39 is 10.0 Å². The maximum absolute atomic E-state index is 12.9. The molecule has 0 atom stereocenters. The quantitative estimate of drug-likeness (QED) is 0.408. The van der Waals surface area contributed by atoms with Crippen molar-refractivity contribution in [2.24, 2.45) is 0 Å². The molecule has 1 N–H and O–H groups in total. The van der Waals surface area contributed by atoms with Crippen molar-refractivity contribution in [2.75, 3.05) is 18.4 Å². The normalized spacial score (nSPS) is 13.6. The van der Waals surface area contributed by atoms with Crippen LogP contribution in [-0.4, -0.2) is 36.7 Å². The number of thiazole rings is 1. The second kappa shape index (κ2) is 10.8. The highest BCUT2D eigenvalue weighted by Gasteiger charge is 2.23. The fourth-order valence-corrected chi connectivity index (χ4v) is 6.64. The van der Waals surface area contributed by atoms with Crippen molar-refractivity contribution in [3.63, 3.8) is 0 Å². The number of aromatic nitrogens is 1. The Kier molecular flexibility index (Phi) is 7.80. The van der Waals surface area contributed by atoms with Crippen LogP contribution in [-0.2, 0) is 22.9 Å². The second-order valence-corrected chi connectivity index (χ2v) is 11.4. The molecule has 3 aromatic rings. The fourth-order valence-electron chi connectivity index (χ4n) is 4.30. The van der Waals surface area contributed by atoms with Gasteiger partial charge in [-0.1, -0.05) is 26.0 Å². The van der Waals surface area contributed by atoms with Crippen molar-refractivity contribution in [1.82, 2.24) is 9.29 Å². The van der Waals surface area contributed by atoms with Gasteiger partial charge in [0.1, 0.15) is 0 Å². The van der Waals surface area contributed by atoms with Gasteiger partial charge in [-0.25, -0.2) is 13.4 Å². The number of aryl methyl sites for hydroxylation is 2. The summed E-state index contributed by atoms with van der Waals surface area (Å²) in [5.74, 6) is -0.311. The van der Waals surface area contributed by atoms with Crippen LogP contribution in [0.4, 0.5) is 5.13 Å². The van der Waals surface area contributed by atoms with E-state index in [2.05, 4.69) is 28.5 Å². The summed E-state index contributed by atoms with van der Waals surface area (Å²) in [5, 5.41) is 5.31. The molecule has 1 aromatic heterocycles. The first-order valence-corrected chi connectivity index (χ1v) is 14.2. The lowest BCUT2D eigenvalue weighted by atomic mass is 9.90. The lowest BCUT2D eigenvalue weighted by Gasteiger charge is -2.21. The van der Waals surface area contributed by atoms with Crippen LogP contribution in [0.1, 0.15) is 61.0 Å². The average molecular weight is 498 g/mol. The van der Waals surface area contributed by atoms with Crippen molar-refractivity contribution in [3.8, 4) is 11.3 Å². The zero-order valence-corrected chi connectivity index (χ0v) is 21.3. The molecule has 0 spiro atoms. The Balaban J connectivity index is 1.45. The number of rotatable bonds is 9. The van der Waals surface area contributed by atoms with E-state index >= 15 is 0 Å². The first kappa shape index (κ1) is 24.6. The van der Waals surface area contributed by atoms with Gasteiger partial charge >= 0.3 is 0 Å². The molecule has 0 saturated carbocycles. The monoisotopic (exact) mass is 497 g/mol. The van der Waals surface area contributed by atoms with Crippen LogP contribution in [0, 0.1) is 0 Å². The van der Waals surface area contributed by atoms with Crippen LogP contribution < -0.4 is 5.32 Å². The predicted molar refractivity (Wildman–Crippen MR) is 138 cm³/mol. The lowest BCUT2D eigenvalue weighted by Crippen LogP contribution is -2.32. The largest absolute Gasteiger partial charge is 0.298 e. The van der Waals surface area contributed by atoms with E-state index in [0.29, 0.717) is 23.8 Å². The van der Waals surface area contributed by atoms with Crippen molar-refractivity contribution in [3.05, 3.63) is 64.5 Å². The van der Waals surface area contributed by atoms with Gasteiger partial charge in [-0.05, 0) is 80.0 Å². The maximum Gasteiger partial charge on any atom is 0.257 e. The van der Waals surface area contributed by atoms with Gasteiger partial charge in [0.25, 0.3) is 5.91 Å². The number of sulfonamides is 1. The summed E-state index contributed by atoms with van der Waals surface area (Å²) >= 11 is 1.38. The van der Waals surface area contributed by atoms with Gasteiger partial charge in [0.2, 0.25) is 10.0 Å². The molecule has 2 aromatic carbocycles. The molecule has 1 aliphatic carbocycles. The van der Waals surface area contributed by atoms with Crippen LogP contribution in [0.3, 0.4) is 0 Å². The average Bonchev–Trinajstić information content (AvgIpc) is 3.32. The summed E-state index contributed by atoms with van der Waals surface area (Å²) in [6.07, 6.45) is 6.23. The third-order valence-electron chi connectivity index (χ3n) is 6.07. The molecule has 0 saturated heterocycles. The number of benzene rings is 2. The van der Waals surface area contributed by atoms with Crippen LogP contribution in [0.15, 0.2) is 52.7 Å². The molecule has 34 heavy (non-hydrogen) atoms. The van der Waals surface area contributed by atoms with Crippen molar-refractivity contribution < 1.29 is 13.2 Å². The van der Waals surface area contributed by atoms with Crippen molar-refractivity contribution in [1.29, 1.82) is 0 Å². The van der Waals surface area contributed by atoms with Crippen molar-refractivity contribution in [2.45, 2.75) is 57.3 Å². The minimum absolute atomic E-state index is 0.204. The van der Waals surface area contributed by atoms with Crippen molar-refractivity contribution >= 4 is 32.4 Å². The van der Waals surface area contributed by atoms with E-state index in [1.807, 2.05) is 19.2 Å². The smallest absolute Gasteiger partial charge is 0.257 e. The molecular formula is C26H31N3O3S2. The minimum atomic E-state index is -3.57. The number of nitrogens with zero attached hydrogens (tertiary/aromatic N) is 2. The molecule has 1 heterocycles. The molecule has 8 heteroatoms. The number of hydrogen-bond acceptors (Lipinski definition) is 5. The highest BCUT2D eigenvalue weighted by molar-refractivity contribution is 7.89. The van der Waals surface area contributed by atoms with Gasteiger partial charge < -0.3 is 0 Å². The molecule has 1 aliphatic rings. The van der Waals surface area contributed by atoms with E-state index in [0.717, 1.165) is 36.9 Å². The van der Waals surface area contributed by atoms with Gasteiger partial charge in [0.05, 0.1) is 10.6 Å². The van der Waals surface area contributed by atoms with E-state index in [1.165, 1.54) is 51.7 Å². The predicted octanol–water partition coefficient (Wildman–Crippen LogP) is 5.75. The molecule has 0 unspecified atom stereocenters. The van der Waals surface area contributed by atoms with Gasteiger partial charge in [0, 0.05) is 29.6 Å². The van der Waals surface area contributed by atoms with Gasteiger partial charge in [-0.2, -0.15) is 4.31 Å². The van der Waals surface area contributed by atoms with Crippen LogP contribution in [0.25, 0.3) is 11.3 Å². The highest BCUT2D eigenvalue weighted by atomic mass is 32.2. The Bertz CT molecular complexity index is 1240. The molecule has 1 amide bonds. The zero-order chi connectivity index (χ0) is 24.1. The molecular weight excluding hydrogens is 466 g/mol. The summed E-state index contributed by atoms with van der Waals surface area (Å²) in [7, 11) is -3.57. The number of nitrogens with one attached hydrogen (secondary N) is 1. The van der Waals surface area contributed by atoms with Crippen LogP contribution in [0.2, 0.25) is 0 Å². The topological polar surface area (TPSA) is 79.4 Å². The number of hydrogen-bond donors (Lipinski definition) is 1. The zero-order valence-electron chi connectivity index (χ0n) is 19.7. The first-order chi connectivity index (χ1) is 16.4. The molecule has 0 fully saturated rings. The maximum atomic E-state index is 12.9. The Morgan fingerprint density at radius 3 is 2.35 bits per heavy atom. The third-order valence-corrected chi connectivity index (χ3v) is 8.74. The Labute approximate surface area is 206 Å². The minimum Gasteiger partial charge on any atom is -0.298 e. The number of carbonyl (C=O) groups is 1. The standard InChI is InChI=1S/C26H31N3O3S2/c1-3-15-29(16-4-2)34(31,32)23-13-11-20(12-14-23)25(30)28-26-27-24(18-33-26)22-10-9-19-7-5-6-8-21(19)17-22/h9-14,17-18H,3-8,15-16H2,1-2H3,(H,27,28,30). The lowest BCUT2D eigenvalue weighted by molar-refractivity contribution is 0.102. The molecule has 0 aliphatic heterocycles. The van der Waals surface area contributed by atoms with Gasteiger partial charge in [0.15, 0.2) is 5.13 Å². The Morgan fingerprint density at radius 1 is 1.00 bits per heavy atom. The van der Waals surface area contributed by atoms with Gasteiger partial charge in [-0.3, -0.25) is 10.1 Å². The van der Waals surface area contributed by atoms with Crippen LogP contribution >= 0.6 is 11.3 Å². The van der Waals surface area contributed by atoms with E-state index in [4.69, 9.17) is 0 Å². The number of fused-ring (bicyclic) bond motifs is 1. The molecule has 0 radical (unpaired) electrons. The Morgan fingerprint density at radius 2 is 1.68 bits per heavy atom. The summed E-state index contributed by atoms with van der Waals surface area (Å²) in [6.45, 7) is 4.88. The van der Waals surface area contributed by atoms with E-state index in [-0.39, 0.29) is 10.8 Å². The molecule has 4 rings (SSSR count). The summed E-state index contributed by atoms with van der Waals surface area (Å²) in [5.41, 5.74) is 5.13. The Hall–Kier alpha value is -2.55. The van der Waals surface area contributed by atoms with E-state index in [1.54, 1.807) is 12.1 Å². The SMILES string of the molecule is CCCN(CCC)S(=O)(=O)c1ccc(C(=O)Nc2nc(-c3ccc4c(c3)CCCC4)cs2)cc1.